The van der Waals surface area contributed by atoms with Crippen molar-refractivity contribution in [2.75, 3.05) is 19.6 Å². The lowest BCUT2D eigenvalue weighted by atomic mass is 9.84. The van der Waals surface area contributed by atoms with E-state index in [0.29, 0.717) is 17.7 Å². The molecule has 0 saturated carbocycles. The largest absolute Gasteiger partial charge is 0.334 e. The van der Waals surface area contributed by atoms with Gasteiger partial charge in [-0.15, -0.1) is 5.10 Å². The third kappa shape index (κ3) is 2.98. The van der Waals surface area contributed by atoms with Crippen LogP contribution in [0.15, 0.2) is 34.9 Å². The minimum Gasteiger partial charge on any atom is -0.334 e. The van der Waals surface area contributed by atoms with Gasteiger partial charge in [0.25, 0.3) is 5.91 Å². The molecule has 2 aliphatic rings. The zero-order valence-corrected chi connectivity index (χ0v) is 14.9. The Morgan fingerprint density at radius 1 is 1.25 bits per heavy atom. The molecule has 3 heterocycles. The van der Waals surface area contributed by atoms with Gasteiger partial charge in [0.1, 0.15) is 0 Å². The molecule has 6 nitrogen and oxygen atoms in total. The minimum absolute atomic E-state index is 0.00922. The number of piperidine rings is 2. The number of nitrogens with zero attached hydrogens (tertiary/aromatic N) is 4. The third-order valence-corrected chi connectivity index (χ3v) is 5.54. The lowest BCUT2D eigenvalue weighted by molar-refractivity contribution is 0.0417. The van der Waals surface area contributed by atoms with Gasteiger partial charge in [0.15, 0.2) is 5.69 Å². The molecular weight excluding hydrogens is 370 g/mol. The Morgan fingerprint density at radius 3 is 2.92 bits per heavy atom. The number of carbonyl (C=O) groups excluding carboxylic acids is 1. The number of nitrogens with one attached hydrogen (secondary N) is 1. The molecule has 0 aliphatic carbocycles. The van der Waals surface area contributed by atoms with Crippen LogP contribution < -0.4 is 5.32 Å². The van der Waals surface area contributed by atoms with E-state index < -0.39 is 0 Å². The zero-order chi connectivity index (χ0) is 16.5. The first kappa shape index (κ1) is 15.8. The number of rotatable bonds is 2. The molecule has 1 aromatic heterocycles. The van der Waals surface area contributed by atoms with Crippen molar-refractivity contribution < 1.29 is 4.79 Å². The molecule has 1 aromatic carbocycles. The normalized spacial score (nSPS) is 23.8. The predicted octanol–water partition coefficient (Wildman–Crippen LogP) is 2.24. The van der Waals surface area contributed by atoms with Crippen LogP contribution in [0.4, 0.5) is 0 Å². The van der Waals surface area contributed by atoms with Gasteiger partial charge in [-0.3, -0.25) is 4.79 Å². The van der Waals surface area contributed by atoms with Gasteiger partial charge in [-0.2, -0.15) is 0 Å². The number of hydrogen-bond acceptors (Lipinski definition) is 4. The maximum absolute atomic E-state index is 12.9. The second kappa shape index (κ2) is 6.64. The first-order chi connectivity index (χ1) is 11.7. The fraction of sp³-hybridized carbons (Fsp3) is 0.471. The number of benzene rings is 1. The van der Waals surface area contributed by atoms with Crippen LogP contribution in [-0.4, -0.2) is 51.5 Å². The van der Waals surface area contributed by atoms with Gasteiger partial charge in [-0.1, -0.05) is 21.1 Å². The number of halogens is 1. The summed E-state index contributed by atoms with van der Waals surface area (Å²) in [6.45, 7) is 2.82. The molecule has 0 radical (unpaired) electrons. The molecule has 2 fully saturated rings. The van der Waals surface area contributed by atoms with Gasteiger partial charge >= 0.3 is 0 Å². The van der Waals surface area contributed by atoms with Crippen molar-refractivity contribution in [2.45, 2.75) is 25.3 Å². The number of likely N-dealkylation sites (tertiary alicyclic amines) is 1. The highest BCUT2D eigenvalue weighted by Crippen LogP contribution is 2.28. The molecule has 0 spiro atoms. The van der Waals surface area contributed by atoms with Gasteiger partial charge in [-0.25, -0.2) is 4.68 Å². The van der Waals surface area contributed by atoms with Crippen LogP contribution in [0.1, 0.15) is 29.8 Å². The van der Waals surface area contributed by atoms with Gasteiger partial charge in [0.05, 0.1) is 11.9 Å². The fourth-order valence-corrected chi connectivity index (χ4v) is 4.05. The standard InChI is InChI=1S/C17H20BrN5O/c18-13-3-5-14(6-4-13)23-11-15(20-21-23)17(24)22-9-1-2-12-10-19-8-7-16(12)22/h3-6,11-12,16,19H,1-2,7-10H2. The molecular formula is C17H20BrN5O. The van der Waals surface area contributed by atoms with Crippen LogP contribution in [0.3, 0.4) is 0 Å². The van der Waals surface area contributed by atoms with Crippen LogP contribution in [0.2, 0.25) is 0 Å². The molecule has 2 atom stereocenters. The topological polar surface area (TPSA) is 63.1 Å². The summed E-state index contributed by atoms with van der Waals surface area (Å²) in [5, 5.41) is 11.7. The van der Waals surface area contributed by atoms with E-state index in [-0.39, 0.29) is 5.91 Å². The maximum Gasteiger partial charge on any atom is 0.276 e. The quantitative estimate of drug-likeness (QED) is 0.855. The third-order valence-electron chi connectivity index (χ3n) is 5.01. The lowest BCUT2D eigenvalue weighted by Gasteiger charge is -2.44. The number of hydrogen-bond donors (Lipinski definition) is 1. The Morgan fingerprint density at radius 2 is 2.08 bits per heavy atom. The monoisotopic (exact) mass is 389 g/mol. The van der Waals surface area contributed by atoms with Crippen molar-refractivity contribution in [1.29, 1.82) is 0 Å². The van der Waals surface area contributed by atoms with Crippen molar-refractivity contribution in [3.63, 3.8) is 0 Å². The van der Waals surface area contributed by atoms with E-state index in [2.05, 4.69) is 31.6 Å². The second-order valence-electron chi connectivity index (χ2n) is 6.49. The second-order valence-corrected chi connectivity index (χ2v) is 7.40. The Balaban J connectivity index is 1.55. The molecule has 2 saturated heterocycles. The average Bonchev–Trinajstić information content (AvgIpc) is 3.11. The minimum atomic E-state index is 0.00922. The van der Waals surface area contributed by atoms with Crippen LogP contribution in [-0.2, 0) is 0 Å². The van der Waals surface area contributed by atoms with Crippen molar-refractivity contribution in [2.24, 2.45) is 5.92 Å². The number of aromatic nitrogens is 3. The Labute approximate surface area is 149 Å². The van der Waals surface area contributed by atoms with Crippen LogP contribution in [0, 0.1) is 5.92 Å². The molecule has 126 valence electrons. The van der Waals surface area contributed by atoms with Crippen molar-refractivity contribution in [3.8, 4) is 5.69 Å². The lowest BCUT2D eigenvalue weighted by Crippen LogP contribution is -2.54. The summed E-state index contributed by atoms with van der Waals surface area (Å²) in [6, 6.07) is 8.12. The van der Waals surface area contributed by atoms with Crippen LogP contribution in [0.25, 0.3) is 5.69 Å². The SMILES string of the molecule is O=C(c1cn(-c2ccc(Br)cc2)nn1)N1CCCC2CNCCC21. The van der Waals surface area contributed by atoms with E-state index in [9.17, 15) is 4.79 Å². The van der Waals surface area contributed by atoms with E-state index >= 15 is 0 Å². The summed E-state index contributed by atoms with van der Waals surface area (Å²) in [5.41, 5.74) is 1.32. The van der Waals surface area contributed by atoms with Crippen molar-refractivity contribution >= 4 is 21.8 Å². The Bertz CT molecular complexity index is 727. The average molecular weight is 390 g/mol. The smallest absolute Gasteiger partial charge is 0.276 e. The molecule has 0 bridgehead atoms. The highest BCUT2D eigenvalue weighted by molar-refractivity contribution is 9.10. The molecule has 1 N–H and O–H groups in total. The molecule has 2 aromatic rings. The number of fused-ring (bicyclic) bond motifs is 1. The molecule has 2 unspecified atom stereocenters. The van der Waals surface area contributed by atoms with Crippen LogP contribution >= 0.6 is 15.9 Å². The first-order valence-electron chi connectivity index (χ1n) is 8.42. The van der Waals surface area contributed by atoms with Gasteiger partial charge in [0.2, 0.25) is 0 Å². The summed E-state index contributed by atoms with van der Waals surface area (Å²) >= 11 is 3.42. The number of amides is 1. The number of carbonyl (C=O) groups is 1. The van der Waals surface area contributed by atoms with Gasteiger partial charge in [-0.05, 0) is 62.5 Å². The molecule has 2 aliphatic heterocycles. The molecule has 4 rings (SSSR count). The van der Waals surface area contributed by atoms with Crippen molar-refractivity contribution in [1.82, 2.24) is 25.2 Å². The molecule has 1 amide bonds. The summed E-state index contributed by atoms with van der Waals surface area (Å²) in [4.78, 5) is 15.0. The summed E-state index contributed by atoms with van der Waals surface area (Å²) in [5.74, 6) is 0.577. The molecule has 24 heavy (non-hydrogen) atoms. The van der Waals surface area contributed by atoms with E-state index in [1.807, 2.05) is 29.2 Å². The van der Waals surface area contributed by atoms with E-state index in [0.717, 1.165) is 42.6 Å². The van der Waals surface area contributed by atoms with Gasteiger partial charge in [0, 0.05) is 17.1 Å². The summed E-state index contributed by atoms with van der Waals surface area (Å²) in [6.07, 6.45) is 5.02. The highest BCUT2D eigenvalue weighted by Gasteiger charge is 2.36. The summed E-state index contributed by atoms with van der Waals surface area (Å²) in [7, 11) is 0. The maximum atomic E-state index is 12.9. The fourth-order valence-electron chi connectivity index (χ4n) is 3.78. The van der Waals surface area contributed by atoms with E-state index in [1.54, 1.807) is 10.9 Å². The Kier molecular flexibility index (Phi) is 4.37. The van der Waals surface area contributed by atoms with Crippen molar-refractivity contribution in [3.05, 3.63) is 40.6 Å². The zero-order valence-electron chi connectivity index (χ0n) is 13.4. The highest BCUT2D eigenvalue weighted by atomic mass is 79.9. The van der Waals surface area contributed by atoms with E-state index in [1.165, 1.54) is 6.42 Å². The predicted molar refractivity (Wildman–Crippen MR) is 94.1 cm³/mol. The Hall–Kier alpha value is -1.73. The molecule has 7 heteroatoms. The van der Waals surface area contributed by atoms with Crippen LogP contribution in [0.5, 0.6) is 0 Å². The summed E-state index contributed by atoms with van der Waals surface area (Å²) < 4.78 is 2.66. The van der Waals surface area contributed by atoms with E-state index in [4.69, 9.17) is 0 Å². The van der Waals surface area contributed by atoms with Gasteiger partial charge < -0.3 is 10.2 Å². The first-order valence-corrected chi connectivity index (χ1v) is 9.21.